The summed E-state index contributed by atoms with van der Waals surface area (Å²) in [4.78, 5) is -0.0938. The van der Waals surface area contributed by atoms with Gasteiger partial charge in [-0.15, -0.1) is 0 Å². The predicted molar refractivity (Wildman–Crippen MR) is 271 cm³/mol. The van der Waals surface area contributed by atoms with Crippen LogP contribution in [0.15, 0.2) is 70.5 Å². The molecule has 0 saturated heterocycles. The Morgan fingerprint density at radius 3 is 0.877 bits per heavy atom. The summed E-state index contributed by atoms with van der Waals surface area (Å²) in [5, 5.41) is 3.08. The van der Waals surface area contributed by atoms with Gasteiger partial charge in [-0.1, -0.05) is 230 Å². The molecule has 4 aromatic rings. The molecule has 0 N–H and O–H groups in total. The first kappa shape index (κ1) is 59.0. The van der Waals surface area contributed by atoms with E-state index in [1.54, 1.807) is 24.3 Å². The number of aryl methyl sites for hydroxylation is 4. The van der Waals surface area contributed by atoms with Crippen LogP contribution in [0.25, 0.3) is 21.5 Å². The van der Waals surface area contributed by atoms with E-state index in [0.717, 1.165) is 86.1 Å². The zero-order valence-corrected chi connectivity index (χ0v) is 46.0. The molecule has 4 aromatic carbocycles. The third-order valence-corrected chi connectivity index (χ3v) is 14.7. The van der Waals surface area contributed by atoms with Crippen LogP contribution < -0.4 is 0 Å². The molecule has 0 aliphatic carbocycles. The monoisotopic (exact) mass is 983 g/mol. The van der Waals surface area contributed by atoms with E-state index in [2.05, 4.69) is 52.0 Å². The Hall–Kier alpha value is -2.16. The Balaban J connectivity index is 0.000000440. The Kier molecular flexibility index (Phi) is 31.0. The average Bonchev–Trinajstić information content (AvgIpc) is 3.27. The molecule has 0 fully saturated rings. The average molecular weight is 985 g/mol. The van der Waals surface area contributed by atoms with Crippen LogP contribution in [0.2, 0.25) is 0 Å². The van der Waals surface area contributed by atoms with Crippen molar-refractivity contribution in [2.24, 2.45) is 0 Å². The number of rotatable bonds is 34. The van der Waals surface area contributed by atoms with Crippen LogP contribution in [0.4, 0.5) is 0 Å². The van der Waals surface area contributed by atoms with Gasteiger partial charge in [-0.3, -0.25) is 0 Å². The van der Waals surface area contributed by atoms with Crippen molar-refractivity contribution < 1.29 is 45.4 Å². The summed E-state index contributed by atoms with van der Waals surface area (Å²) in [6.07, 6.45) is 38.1. The number of hydrogen-bond donors (Lipinski definition) is 0. The topological polar surface area (TPSA) is 114 Å². The second-order valence-electron chi connectivity index (χ2n) is 18.6. The Morgan fingerprint density at radius 1 is 0.338 bits per heavy atom. The fraction of sp³-hybridized carbons (Fsp3) is 0.643. The van der Waals surface area contributed by atoms with Crippen molar-refractivity contribution in [1.29, 1.82) is 0 Å². The Morgan fingerprint density at radius 2 is 0.600 bits per heavy atom. The molecule has 0 aliphatic heterocycles. The molecule has 0 aromatic heterocycles. The maximum absolute atomic E-state index is 12.0. The third kappa shape index (κ3) is 23.1. The molecule has 9 heteroatoms. The molecule has 0 unspecified atom stereocenters. The van der Waals surface area contributed by atoms with Crippen LogP contribution in [0, 0.1) is 0 Å². The van der Waals surface area contributed by atoms with Crippen molar-refractivity contribution in [3.8, 4) is 0 Å². The second-order valence-corrected chi connectivity index (χ2v) is 21.3. The van der Waals surface area contributed by atoms with Crippen molar-refractivity contribution in [2.75, 3.05) is 0 Å². The molecular formula is C56H86O6S2Zn. The first-order valence-electron chi connectivity index (χ1n) is 25.9. The van der Waals surface area contributed by atoms with Crippen molar-refractivity contribution in [2.45, 2.75) is 243 Å². The Labute approximate surface area is 410 Å². The zero-order chi connectivity index (χ0) is 46.5. The third-order valence-electron chi connectivity index (χ3n) is 13.0. The van der Waals surface area contributed by atoms with Gasteiger partial charge in [-0.25, -0.2) is 16.8 Å². The van der Waals surface area contributed by atoms with E-state index in [4.69, 9.17) is 0 Å². The first-order valence-corrected chi connectivity index (χ1v) is 28.8. The van der Waals surface area contributed by atoms with Gasteiger partial charge >= 0.3 is 19.5 Å². The predicted octanol–water partition coefficient (Wildman–Crippen LogP) is 16.7. The SMILES string of the molecule is CCCCCCCCCc1cc(S(=O)(=O)[O-])c2cccc(CCCCCCCCC)c2c1.CCCCCCCCCc1cc(S(=O)(=O)[O-])c2cccc(CCCCCCCCC)c2c1.[Zn+2]. The molecule has 0 heterocycles. The van der Waals surface area contributed by atoms with Gasteiger partial charge in [-0.05, 0) is 107 Å². The zero-order valence-electron chi connectivity index (χ0n) is 41.4. The van der Waals surface area contributed by atoms with Crippen LogP contribution in [0.3, 0.4) is 0 Å². The summed E-state index contributed by atoms with van der Waals surface area (Å²) in [5.41, 5.74) is 4.30. The number of benzene rings is 4. The van der Waals surface area contributed by atoms with Gasteiger partial charge in [0.05, 0.1) is 9.79 Å². The molecule has 0 saturated carbocycles. The minimum absolute atomic E-state index is 0. The van der Waals surface area contributed by atoms with E-state index in [9.17, 15) is 25.9 Å². The van der Waals surface area contributed by atoms with Gasteiger partial charge in [0.1, 0.15) is 20.2 Å². The maximum Gasteiger partial charge on any atom is 2.00 e. The molecule has 65 heavy (non-hydrogen) atoms. The fourth-order valence-electron chi connectivity index (χ4n) is 9.20. The summed E-state index contributed by atoms with van der Waals surface area (Å²) in [5.74, 6) is 0. The van der Waals surface area contributed by atoms with Crippen molar-refractivity contribution in [3.05, 3.63) is 82.9 Å². The van der Waals surface area contributed by atoms with Gasteiger partial charge in [0, 0.05) is 0 Å². The van der Waals surface area contributed by atoms with Crippen LogP contribution in [0.1, 0.15) is 230 Å². The first-order chi connectivity index (χ1) is 30.9. The molecule has 0 spiro atoms. The van der Waals surface area contributed by atoms with Gasteiger partial charge in [0.25, 0.3) is 0 Å². The molecule has 4 rings (SSSR count). The van der Waals surface area contributed by atoms with Crippen LogP contribution >= 0.6 is 0 Å². The van der Waals surface area contributed by atoms with Crippen molar-refractivity contribution >= 4 is 41.8 Å². The number of fused-ring (bicyclic) bond motifs is 2. The molecule has 0 bridgehead atoms. The van der Waals surface area contributed by atoms with Gasteiger partial charge in [-0.2, -0.15) is 0 Å². The molecule has 6 nitrogen and oxygen atoms in total. The fourth-order valence-corrected chi connectivity index (χ4v) is 10.7. The normalized spacial score (nSPS) is 11.8. The largest absolute Gasteiger partial charge is 2.00 e. The summed E-state index contributed by atoms with van der Waals surface area (Å²) in [6, 6.07) is 19.1. The van der Waals surface area contributed by atoms with E-state index in [1.807, 2.05) is 12.1 Å². The standard InChI is InChI=1S/2C28H44O3S.Zn/c2*1-3-5-7-9-11-13-15-18-24-22-27-25(19-16-14-12-10-8-6-4-2)20-17-21-26(27)28(23-24)32(29,30)31;/h2*17,20-23H,3-16,18-19H2,1-2H3,(H,29,30,31);/q;;+2/p-2. The molecule has 0 atom stereocenters. The van der Waals surface area contributed by atoms with E-state index >= 15 is 0 Å². The van der Waals surface area contributed by atoms with Crippen molar-refractivity contribution in [3.63, 3.8) is 0 Å². The summed E-state index contributed by atoms with van der Waals surface area (Å²) < 4.78 is 72.1. The van der Waals surface area contributed by atoms with Gasteiger partial charge in [0.2, 0.25) is 0 Å². The second kappa shape index (κ2) is 34.2. The molecule has 0 radical (unpaired) electrons. The summed E-state index contributed by atoms with van der Waals surface area (Å²) in [7, 11) is -9.00. The van der Waals surface area contributed by atoms with Gasteiger partial charge < -0.3 is 9.11 Å². The summed E-state index contributed by atoms with van der Waals surface area (Å²) >= 11 is 0. The molecule has 360 valence electrons. The minimum Gasteiger partial charge on any atom is -0.744 e. The molecule has 0 amide bonds. The summed E-state index contributed by atoms with van der Waals surface area (Å²) in [6.45, 7) is 8.92. The van der Waals surface area contributed by atoms with Crippen LogP contribution in [-0.4, -0.2) is 25.9 Å². The molecule has 0 aliphatic rings. The van der Waals surface area contributed by atoms with E-state index in [-0.39, 0.29) is 29.3 Å². The smallest absolute Gasteiger partial charge is 0.744 e. The minimum atomic E-state index is -4.50. The van der Waals surface area contributed by atoms with E-state index in [1.165, 1.54) is 152 Å². The van der Waals surface area contributed by atoms with E-state index in [0.29, 0.717) is 10.8 Å². The molecular weight excluding hydrogens is 898 g/mol. The van der Waals surface area contributed by atoms with Crippen LogP contribution in [0.5, 0.6) is 0 Å². The van der Waals surface area contributed by atoms with E-state index < -0.39 is 20.2 Å². The maximum atomic E-state index is 12.0. The quantitative estimate of drug-likeness (QED) is 0.0262. The Bertz CT molecular complexity index is 1960. The van der Waals surface area contributed by atoms with Crippen molar-refractivity contribution in [1.82, 2.24) is 0 Å². The van der Waals surface area contributed by atoms with Gasteiger partial charge in [0.15, 0.2) is 0 Å². The van der Waals surface area contributed by atoms with Crippen LogP contribution in [-0.2, 0) is 65.4 Å². The number of hydrogen-bond acceptors (Lipinski definition) is 6. The number of unbranched alkanes of at least 4 members (excludes halogenated alkanes) is 24.